The van der Waals surface area contributed by atoms with Gasteiger partial charge >= 0.3 is 0 Å². The molecule has 0 amide bonds. The van der Waals surface area contributed by atoms with Crippen molar-refractivity contribution in [1.82, 2.24) is 5.32 Å². The third kappa shape index (κ3) is 2.22. The molecule has 12 heavy (non-hydrogen) atoms. The van der Waals surface area contributed by atoms with E-state index in [0.717, 1.165) is 0 Å². The van der Waals surface area contributed by atoms with Gasteiger partial charge in [0.2, 0.25) is 0 Å². The summed E-state index contributed by atoms with van der Waals surface area (Å²) in [7, 11) is 0. The number of nitrogens with one attached hydrogen (secondary N) is 1. The number of rotatable bonds is 3. The zero-order valence-electron chi connectivity index (χ0n) is 9.49. The maximum Gasteiger partial charge on any atom is 0.115 e. The highest BCUT2D eigenvalue weighted by Crippen LogP contribution is 2.17. The Morgan fingerprint density at radius 3 is 3.17 bits per heavy atom. The molecule has 0 aliphatic carbocycles. The second-order valence-electron chi connectivity index (χ2n) is 2.49. The number of aromatic hydroxyl groups is 1. The summed E-state index contributed by atoms with van der Waals surface area (Å²) in [5, 5.41) is 20.9. The molecule has 0 aromatic heterocycles. The van der Waals surface area contributed by atoms with E-state index in [0.29, 0.717) is 5.56 Å². The molecule has 1 atom stereocenters. The topological polar surface area (TPSA) is 52.5 Å². The van der Waals surface area contributed by atoms with Crippen molar-refractivity contribution in [3.05, 3.63) is 29.8 Å². The highest BCUT2D eigenvalue weighted by Gasteiger charge is 2.05. The van der Waals surface area contributed by atoms with E-state index in [1.165, 1.54) is 12.1 Å². The summed E-state index contributed by atoms with van der Waals surface area (Å²) in [4.78, 5) is 0. The summed E-state index contributed by atoms with van der Waals surface area (Å²) in [6.07, 6.45) is -0.947. The lowest BCUT2D eigenvalue weighted by Crippen LogP contribution is -2.16. The van der Waals surface area contributed by atoms with E-state index in [4.69, 9.17) is 9.22 Å². The number of hydrogen-bond acceptors (Lipinski definition) is 3. The van der Waals surface area contributed by atoms with Crippen molar-refractivity contribution >= 4 is 0 Å². The Kier molecular flexibility index (Phi) is 1.90. The molecule has 0 aliphatic rings. The number of likely N-dealkylation sites (N-methyl/N-ethyl adjacent to an activating group) is 1. The molecule has 0 unspecified atom stereocenters. The molecule has 0 radical (unpaired) electrons. The number of phenolic OH excluding ortho intramolecular Hbond substituents is 1. The van der Waals surface area contributed by atoms with Crippen LogP contribution >= 0.6 is 0 Å². The zero-order valence-corrected chi connectivity index (χ0v) is 6.49. The minimum absolute atomic E-state index is 0.0421. The fourth-order valence-corrected chi connectivity index (χ4v) is 0.947. The molecule has 3 heteroatoms. The van der Waals surface area contributed by atoms with Gasteiger partial charge in [-0.3, -0.25) is 0 Å². The molecular weight excluding hydrogens is 155 g/mol. The van der Waals surface area contributed by atoms with Gasteiger partial charge in [0.15, 0.2) is 0 Å². The molecule has 0 fully saturated rings. The van der Waals surface area contributed by atoms with Crippen LogP contribution in [0.4, 0.5) is 0 Å². The molecule has 0 spiro atoms. The predicted molar refractivity (Wildman–Crippen MR) is 47.0 cm³/mol. The van der Waals surface area contributed by atoms with Gasteiger partial charge in [0.1, 0.15) is 5.75 Å². The van der Waals surface area contributed by atoms with Gasteiger partial charge in [-0.25, -0.2) is 0 Å². The van der Waals surface area contributed by atoms with Crippen LogP contribution in [0.15, 0.2) is 24.3 Å². The normalized spacial score (nSPS) is 17.6. The summed E-state index contributed by atoms with van der Waals surface area (Å²) in [6.45, 7) is -2.35. The van der Waals surface area contributed by atoms with E-state index in [2.05, 4.69) is 5.32 Å². The number of phenols is 1. The molecule has 3 N–H and O–H groups in total. The van der Waals surface area contributed by atoms with E-state index in [1.807, 2.05) is 0 Å². The largest absolute Gasteiger partial charge is 0.508 e. The third-order valence-electron chi connectivity index (χ3n) is 1.55. The van der Waals surface area contributed by atoms with Crippen molar-refractivity contribution in [1.29, 1.82) is 0 Å². The maximum absolute atomic E-state index is 9.58. The molecule has 1 aromatic carbocycles. The van der Waals surface area contributed by atoms with Crippen molar-refractivity contribution < 1.29 is 14.3 Å². The molecule has 0 saturated heterocycles. The van der Waals surface area contributed by atoms with Crippen molar-refractivity contribution in [3.8, 4) is 5.75 Å². The summed E-state index contributed by atoms with van der Waals surface area (Å²) in [5.41, 5.74) is 0.478. The Morgan fingerprint density at radius 2 is 2.50 bits per heavy atom. The lowest BCUT2D eigenvalue weighted by Gasteiger charge is -2.09. The van der Waals surface area contributed by atoms with Crippen LogP contribution in [0.5, 0.6) is 5.75 Å². The monoisotopic (exact) mass is 171 g/mol. The molecular formula is C9H13NO2. The first-order chi connectivity index (χ1) is 6.88. The van der Waals surface area contributed by atoms with Crippen LogP contribution in [0.3, 0.4) is 0 Å². The van der Waals surface area contributed by atoms with E-state index in [9.17, 15) is 5.11 Å². The van der Waals surface area contributed by atoms with Crippen LogP contribution in [0, 0.1) is 0 Å². The van der Waals surface area contributed by atoms with Crippen molar-refractivity contribution in [2.24, 2.45) is 0 Å². The van der Waals surface area contributed by atoms with Gasteiger partial charge in [0.25, 0.3) is 0 Å². The van der Waals surface area contributed by atoms with Crippen LogP contribution in [0.2, 0.25) is 0 Å². The van der Waals surface area contributed by atoms with Gasteiger partial charge in [-0.2, -0.15) is 0 Å². The Balaban J connectivity index is 2.58. The average molecular weight is 171 g/mol. The summed E-state index contributed by atoms with van der Waals surface area (Å²) >= 11 is 0. The Hall–Kier alpha value is -1.06. The fourth-order valence-electron chi connectivity index (χ4n) is 0.947. The molecule has 0 bridgehead atoms. The van der Waals surface area contributed by atoms with E-state index in [-0.39, 0.29) is 12.3 Å². The Morgan fingerprint density at radius 1 is 1.67 bits per heavy atom. The fraction of sp³-hybridized carbons (Fsp3) is 0.333. The lowest BCUT2D eigenvalue weighted by molar-refractivity contribution is 0.177. The molecule has 66 valence electrons. The quantitative estimate of drug-likeness (QED) is 0.585. The molecule has 1 aromatic rings. The smallest absolute Gasteiger partial charge is 0.115 e. The first-order valence-electron chi connectivity index (χ1n) is 5.10. The first kappa shape index (κ1) is 5.56. The highest BCUT2D eigenvalue weighted by atomic mass is 16.3. The van der Waals surface area contributed by atoms with Crippen LogP contribution in [-0.2, 0) is 0 Å². The number of hydrogen-bond donors (Lipinski definition) is 3. The van der Waals surface area contributed by atoms with Crippen molar-refractivity contribution in [3.63, 3.8) is 0 Å². The number of aliphatic hydroxyl groups is 1. The standard InChI is InChI=1S/C9H13NO2/c1-10-6-9(12)7-3-2-4-8(11)5-7/h2-5,9-12H,6H2,1H3/t9-/m0/s1/i1+1D3. The van der Waals surface area contributed by atoms with Crippen molar-refractivity contribution in [2.75, 3.05) is 13.5 Å². The molecule has 0 aliphatic heterocycles. The van der Waals surface area contributed by atoms with E-state index in [1.54, 1.807) is 12.1 Å². The van der Waals surface area contributed by atoms with Gasteiger partial charge in [-0.1, -0.05) is 12.1 Å². The Labute approximate surface area is 75.9 Å². The predicted octanol–water partition coefficient (Wildman–Crippen LogP) is 0.645. The number of benzene rings is 1. The molecule has 0 heterocycles. The van der Waals surface area contributed by atoms with Gasteiger partial charge in [-0.05, 0) is 24.7 Å². The van der Waals surface area contributed by atoms with Gasteiger partial charge < -0.3 is 15.5 Å². The minimum Gasteiger partial charge on any atom is -0.508 e. The van der Waals surface area contributed by atoms with Crippen LogP contribution in [0.25, 0.3) is 0 Å². The third-order valence-corrected chi connectivity index (χ3v) is 1.55. The van der Waals surface area contributed by atoms with Crippen LogP contribution in [0.1, 0.15) is 15.8 Å². The summed E-state index contributed by atoms with van der Waals surface area (Å²) in [6, 6.07) is 6.08. The van der Waals surface area contributed by atoms with Crippen LogP contribution < -0.4 is 5.32 Å². The van der Waals surface area contributed by atoms with Crippen LogP contribution in [-0.4, -0.2) is 23.7 Å². The van der Waals surface area contributed by atoms with Gasteiger partial charge in [-0.15, -0.1) is 0 Å². The Bertz CT molecular complexity index is 327. The van der Waals surface area contributed by atoms with Gasteiger partial charge in [0.05, 0.1) is 6.10 Å². The minimum atomic E-state index is -2.27. The van der Waals surface area contributed by atoms with E-state index >= 15 is 0 Å². The second-order valence-corrected chi connectivity index (χ2v) is 2.49. The number of aliphatic hydroxyl groups excluding tert-OH is 1. The molecule has 0 saturated carbocycles. The van der Waals surface area contributed by atoms with Gasteiger partial charge in [0, 0.05) is 10.7 Å². The zero-order chi connectivity index (χ0) is 11.5. The maximum atomic E-state index is 9.58. The van der Waals surface area contributed by atoms with E-state index < -0.39 is 13.1 Å². The molecule has 1 rings (SSSR count). The lowest BCUT2D eigenvalue weighted by atomic mass is 10.1. The highest BCUT2D eigenvalue weighted by molar-refractivity contribution is 5.28. The average Bonchev–Trinajstić information content (AvgIpc) is 2.13. The molecule has 3 nitrogen and oxygen atoms in total. The first-order valence-corrected chi connectivity index (χ1v) is 3.60. The second kappa shape index (κ2) is 4.09. The SMILES string of the molecule is [2H][13C]([2H])([2H])NC[C@H](O)c1cccc(O)c1. The van der Waals surface area contributed by atoms with Crippen molar-refractivity contribution in [2.45, 2.75) is 6.10 Å². The summed E-state index contributed by atoms with van der Waals surface area (Å²) in [5.74, 6) is 0.0421. The summed E-state index contributed by atoms with van der Waals surface area (Å²) < 4.78 is 20.7.